The Labute approximate surface area is 156 Å². The number of hydrogen-bond acceptors (Lipinski definition) is 3. The highest BCUT2D eigenvalue weighted by Gasteiger charge is 2.34. The van der Waals surface area contributed by atoms with Gasteiger partial charge in [-0.3, -0.25) is 4.31 Å². The van der Waals surface area contributed by atoms with Gasteiger partial charge in [0, 0.05) is 0 Å². The Morgan fingerprint density at radius 2 is 1.76 bits per heavy atom. The van der Waals surface area contributed by atoms with E-state index in [1.807, 2.05) is 13.0 Å². The zero-order valence-corrected chi connectivity index (χ0v) is 16.2. The van der Waals surface area contributed by atoms with Crippen molar-refractivity contribution in [1.82, 2.24) is 0 Å². The molecule has 0 radical (unpaired) electrons. The van der Waals surface area contributed by atoms with Crippen LogP contribution in [0.5, 0.6) is 0 Å². The Balaban J connectivity index is 2.72. The molecule has 0 aromatic heterocycles. The molecule has 0 spiro atoms. The predicted molar refractivity (Wildman–Crippen MR) is 99.1 cm³/mol. The van der Waals surface area contributed by atoms with Crippen LogP contribution in [0.25, 0.3) is 0 Å². The molecule has 1 unspecified atom stereocenters. The topological polar surface area (TPSA) is 74.7 Å². The normalized spacial score (nSPS) is 12.7. The van der Waals surface area contributed by atoms with Crippen molar-refractivity contribution in [2.24, 2.45) is 0 Å². The number of aryl methyl sites for hydroxylation is 1. The van der Waals surface area contributed by atoms with Gasteiger partial charge >= 0.3 is 5.97 Å². The van der Waals surface area contributed by atoms with E-state index in [1.165, 1.54) is 25.1 Å². The van der Waals surface area contributed by atoms with Crippen LogP contribution in [0.2, 0.25) is 10.0 Å². The third-order valence-corrected chi connectivity index (χ3v) is 6.59. The maximum atomic E-state index is 13.2. The first-order valence-electron chi connectivity index (χ1n) is 7.36. The number of anilines is 1. The molecule has 0 saturated heterocycles. The van der Waals surface area contributed by atoms with Crippen LogP contribution in [0.3, 0.4) is 0 Å². The molecule has 0 aliphatic heterocycles. The van der Waals surface area contributed by atoms with Crippen molar-refractivity contribution in [3.8, 4) is 0 Å². The summed E-state index contributed by atoms with van der Waals surface area (Å²) < 4.78 is 27.2. The lowest BCUT2D eigenvalue weighted by molar-refractivity contribution is -0.137. The second-order valence-corrected chi connectivity index (χ2v) is 8.24. The molecule has 25 heavy (non-hydrogen) atoms. The third-order valence-electron chi connectivity index (χ3n) is 3.97. The second-order valence-electron chi connectivity index (χ2n) is 5.61. The van der Waals surface area contributed by atoms with Crippen LogP contribution in [0.4, 0.5) is 5.69 Å². The average molecular weight is 402 g/mol. The van der Waals surface area contributed by atoms with Crippen LogP contribution in [0, 0.1) is 13.8 Å². The van der Waals surface area contributed by atoms with Crippen molar-refractivity contribution in [3.63, 3.8) is 0 Å². The predicted octanol–water partition coefficient (Wildman–Crippen LogP) is 4.28. The quantitative estimate of drug-likeness (QED) is 0.810. The average Bonchev–Trinajstić information content (AvgIpc) is 2.53. The smallest absolute Gasteiger partial charge is 0.327 e. The number of halogens is 2. The largest absolute Gasteiger partial charge is 0.480 e. The molecule has 0 heterocycles. The fourth-order valence-corrected chi connectivity index (χ4v) is 4.43. The standard InChI is InChI=1S/C17H17Cl2NO4S/c1-10-5-4-6-16(11(10)2)20(12(3)17(21)22)25(23,24)13-7-8-14(18)15(19)9-13/h4-9,12H,1-3H3,(H,21,22). The highest BCUT2D eigenvalue weighted by Crippen LogP contribution is 2.33. The Morgan fingerprint density at radius 1 is 1.12 bits per heavy atom. The summed E-state index contributed by atoms with van der Waals surface area (Å²) in [5.41, 5.74) is 1.84. The highest BCUT2D eigenvalue weighted by molar-refractivity contribution is 7.93. The number of carboxylic acids is 1. The summed E-state index contributed by atoms with van der Waals surface area (Å²) in [7, 11) is -4.17. The molecule has 0 fully saturated rings. The van der Waals surface area contributed by atoms with Crippen LogP contribution in [0.15, 0.2) is 41.3 Å². The Bertz CT molecular complexity index is 928. The molecule has 8 heteroatoms. The van der Waals surface area contributed by atoms with Crippen molar-refractivity contribution < 1.29 is 18.3 Å². The summed E-state index contributed by atoms with van der Waals surface area (Å²) in [6.45, 7) is 4.89. The summed E-state index contributed by atoms with van der Waals surface area (Å²) in [6, 6.07) is 7.67. The van der Waals surface area contributed by atoms with Gasteiger partial charge in [0.2, 0.25) is 0 Å². The lowest BCUT2D eigenvalue weighted by Crippen LogP contribution is -2.43. The minimum atomic E-state index is -4.17. The van der Waals surface area contributed by atoms with Gasteiger partial charge in [0.05, 0.1) is 20.6 Å². The van der Waals surface area contributed by atoms with Crippen molar-refractivity contribution in [2.75, 3.05) is 4.31 Å². The lowest BCUT2D eigenvalue weighted by Gasteiger charge is -2.30. The number of rotatable bonds is 5. The van der Waals surface area contributed by atoms with Crippen LogP contribution in [-0.2, 0) is 14.8 Å². The first-order valence-corrected chi connectivity index (χ1v) is 9.55. The van der Waals surface area contributed by atoms with E-state index in [2.05, 4.69) is 0 Å². The van der Waals surface area contributed by atoms with Gasteiger partial charge in [0.25, 0.3) is 10.0 Å². The summed E-state index contributed by atoms with van der Waals surface area (Å²) >= 11 is 11.8. The van der Waals surface area contributed by atoms with Crippen molar-refractivity contribution >= 4 is 44.9 Å². The molecule has 5 nitrogen and oxygen atoms in total. The van der Waals surface area contributed by atoms with Gasteiger partial charge in [-0.2, -0.15) is 0 Å². The van der Waals surface area contributed by atoms with Gasteiger partial charge in [-0.25, -0.2) is 13.2 Å². The molecule has 1 atom stereocenters. The van der Waals surface area contributed by atoms with Crippen LogP contribution in [-0.4, -0.2) is 25.5 Å². The van der Waals surface area contributed by atoms with Crippen molar-refractivity contribution in [1.29, 1.82) is 0 Å². The fraction of sp³-hybridized carbons (Fsp3) is 0.235. The number of aliphatic carboxylic acids is 1. The van der Waals surface area contributed by atoms with Gasteiger partial charge in [0.1, 0.15) is 6.04 Å². The monoisotopic (exact) mass is 401 g/mol. The minimum absolute atomic E-state index is 0.0756. The number of nitrogens with zero attached hydrogens (tertiary/aromatic N) is 1. The fourth-order valence-electron chi connectivity index (χ4n) is 2.37. The van der Waals surface area contributed by atoms with Crippen LogP contribution in [0.1, 0.15) is 18.1 Å². The molecule has 2 aromatic carbocycles. The van der Waals surface area contributed by atoms with E-state index in [1.54, 1.807) is 19.1 Å². The van der Waals surface area contributed by atoms with Crippen LogP contribution < -0.4 is 4.31 Å². The van der Waals surface area contributed by atoms with Crippen molar-refractivity contribution in [2.45, 2.75) is 31.7 Å². The number of sulfonamides is 1. The molecule has 0 aliphatic rings. The molecule has 2 rings (SSSR count). The number of benzene rings is 2. The molecule has 134 valence electrons. The van der Waals surface area contributed by atoms with E-state index in [4.69, 9.17) is 23.2 Å². The second kappa shape index (κ2) is 7.23. The van der Waals surface area contributed by atoms with Crippen LogP contribution >= 0.6 is 23.2 Å². The number of carbonyl (C=O) groups is 1. The Kier molecular flexibility index (Phi) is 5.66. The van der Waals surface area contributed by atoms with E-state index in [0.29, 0.717) is 11.3 Å². The number of carboxylic acid groups (broad SMARTS) is 1. The molecule has 0 saturated carbocycles. The first-order chi connectivity index (χ1) is 11.6. The van der Waals surface area contributed by atoms with Gasteiger partial charge in [-0.15, -0.1) is 0 Å². The first kappa shape index (κ1) is 19.6. The highest BCUT2D eigenvalue weighted by atomic mass is 35.5. The summed E-state index contributed by atoms with van der Waals surface area (Å²) in [6.07, 6.45) is 0. The summed E-state index contributed by atoms with van der Waals surface area (Å²) in [5, 5.41) is 9.72. The maximum absolute atomic E-state index is 13.2. The summed E-state index contributed by atoms with van der Waals surface area (Å²) in [5.74, 6) is -1.26. The lowest BCUT2D eigenvalue weighted by atomic mass is 10.1. The molecular weight excluding hydrogens is 385 g/mol. The zero-order chi connectivity index (χ0) is 18.9. The van der Waals surface area contributed by atoms with Gasteiger partial charge in [-0.05, 0) is 56.2 Å². The Hall–Kier alpha value is -1.76. The molecular formula is C17H17Cl2NO4S. The zero-order valence-electron chi connectivity index (χ0n) is 13.8. The van der Waals surface area contributed by atoms with Gasteiger partial charge < -0.3 is 5.11 Å². The van der Waals surface area contributed by atoms with E-state index < -0.39 is 22.0 Å². The SMILES string of the molecule is Cc1cccc(N(C(C)C(=O)O)S(=O)(=O)c2ccc(Cl)c(Cl)c2)c1C. The van der Waals surface area contributed by atoms with E-state index >= 15 is 0 Å². The van der Waals surface area contributed by atoms with E-state index in [9.17, 15) is 18.3 Å². The molecule has 1 N–H and O–H groups in total. The molecule has 0 amide bonds. The maximum Gasteiger partial charge on any atom is 0.327 e. The third kappa shape index (κ3) is 3.76. The Morgan fingerprint density at radius 3 is 2.32 bits per heavy atom. The number of hydrogen-bond donors (Lipinski definition) is 1. The van der Waals surface area contributed by atoms with E-state index in [-0.39, 0.29) is 14.9 Å². The minimum Gasteiger partial charge on any atom is -0.480 e. The molecule has 0 bridgehead atoms. The molecule has 2 aromatic rings. The van der Waals surface area contributed by atoms with E-state index in [0.717, 1.165) is 9.87 Å². The summed E-state index contributed by atoms with van der Waals surface area (Å²) in [4.78, 5) is 11.4. The van der Waals surface area contributed by atoms with Gasteiger partial charge in [0.15, 0.2) is 0 Å². The van der Waals surface area contributed by atoms with Gasteiger partial charge in [-0.1, -0.05) is 35.3 Å². The van der Waals surface area contributed by atoms with Crippen molar-refractivity contribution in [3.05, 3.63) is 57.6 Å². The molecule has 0 aliphatic carbocycles.